The van der Waals surface area contributed by atoms with Crippen molar-refractivity contribution in [2.45, 2.75) is 32.4 Å². The molecule has 0 spiro atoms. The zero-order valence-corrected chi connectivity index (χ0v) is 19.7. The van der Waals surface area contributed by atoms with Crippen LogP contribution in [0, 0.1) is 10.1 Å². The monoisotopic (exact) mass is 487 g/mol. The zero-order valence-electron chi connectivity index (χ0n) is 18.9. The smallest absolute Gasteiger partial charge is 0.329 e. The highest BCUT2D eigenvalue weighted by Gasteiger charge is 2.27. The lowest BCUT2D eigenvalue weighted by Gasteiger charge is -2.20. The normalized spacial score (nSPS) is 12.2. The van der Waals surface area contributed by atoms with Gasteiger partial charge in [0.1, 0.15) is 6.04 Å². The minimum absolute atomic E-state index is 0.0273. The van der Waals surface area contributed by atoms with E-state index in [4.69, 9.17) is 4.74 Å². The van der Waals surface area contributed by atoms with E-state index in [1.165, 1.54) is 55.9 Å². The van der Waals surface area contributed by atoms with Crippen LogP contribution in [0.1, 0.15) is 41.0 Å². The molecule has 2 N–H and O–H groups in total. The van der Waals surface area contributed by atoms with E-state index in [0.717, 1.165) is 6.07 Å². The standard InChI is InChI=1S/C23H25N3O7S/c1-14(21(28)16-7-9-18(10-8-16)24-15(2)27)33-23(30)20(11-12-34-3)25-22(29)17-5-4-6-19(13-17)26(31)32/h4-10,13-14,20H,11-12H2,1-3H3,(H,24,27)(H,25,29). The predicted octanol–water partition coefficient (Wildman–Crippen LogP) is 3.22. The number of thioether (sulfide) groups is 1. The van der Waals surface area contributed by atoms with Gasteiger partial charge < -0.3 is 15.4 Å². The van der Waals surface area contributed by atoms with E-state index in [1.807, 2.05) is 6.26 Å². The molecule has 2 atom stereocenters. The van der Waals surface area contributed by atoms with Gasteiger partial charge in [-0.25, -0.2) is 4.79 Å². The average Bonchev–Trinajstić information content (AvgIpc) is 2.81. The van der Waals surface area contributed by atoms with Crippen LogP contribution >= 0.6 is 11.8 Å². The van der Waals surface area contributed by atoms with Crippen LogP contribution in [0.5, 0.6) is 0 Å². The van der Waals surface area contributed by atoms with Gasteiger partial charge in [0.25, 0.3) is 11.6 Å². The van der Waals surface area contributed by atoms with Crippen molar-refractivity contribution in [1.82, 2.24) is 5.32 Å². The summed E-state index contributed by atoms with van der Waals surface area (Å²) in [7, 11) is 0. The molecule has 2 amide bonds. The van der Waals surface area contributed by atoms with Gasteiger partial charge in [-0.3, -0.25) is 24.5 Å². The lowest BCUT2D eigenvalue weighted by atomic mass is 10.1. The molecule has 2 aromatic carbocycles. The first-order chi connectivity index (χ1) is 16.1. The van der Waals surface area contributed by atoms with Gasteiger partial charge in [-0.05, 0) is 55.7 Å². The maximum Gasteiger partial charge on any atom is 0.329 e. The molecule has 0 saturated carbocycles. The molecule has 0 saturated heterocycles. The van der Waals surface area contributed by atoms with E-state index in [1.54, 1.807) is 12.1 Å². The number of esters is 1. The van der Waals surface area contributed by atoms with E-state index in [-0.39, 0.29) is 29.1 Å². The molecule has 10 nitrogen and oxygen atoms in total. The molecular weight excluding hydrogens is 462 g/mol. The van der Waals surface area contributed by atoms with Crippen molar-refractivity contribution in [3.05, 3.63) is 69.8 Å². The minimum atomic E-state index is -1.12. The number of carbonyl (C=O) groups is 4. The van der Waals surface area contributed by atoms with E-state index in [0.29, 0.717) is 11.4 Å². The van der Waals surface area contributed by atoms with Gasteiger partial charge in [0.2, 0.25) is 11.7 Å². The summed E-state index contributed by atoms with van der Waals surface area (Å²) in [6.45, 7) is 2.79. The quantitative estimate of drug-likeness (QED) is 0.213. The second-order valence-electron chi connectivity index (χ2n) is 7.32. The fraction of sp³-hybridized carbons (Fsp3) is 0.304. The van der Waals surface area contributed by atoms with Crippen molar-refractivity contribution < 1.29 is 28.8 Å². The molecule has 0 heterocycles. The molecule has 180 valence electrons. The second-order valence-corrected chi connectivity index (χ2v) is 8.30. The number of Topliss-reactive ketones (excluding diaryl/α,β-unsaturated/α-hetero) is 1. The number of rotatable bonds is 11. The number of amides is 2. The molecule has 34 heavy (non-hydrogen) atoms. The Balaban J connectivity index is 2.08. The van der Waals surface area contributed by atoms with Crippen LogP contribution in [0.3, 0.4) is 0 Å². The largest absolute Gasteiger partial charge is 0.453 e. The number of ketones is 1. The van der Waals surface area contributed by atoms with Gasteiger partial charge in [0.15, 0.2) is 6.10 Å². The van der Waals surface area contributed by atoms with Crippen molar-refractivity contribution >= 4 is 46.7 Å². The van der Waals surface area contributed by atoms with Crippen LogP contribution < -0.4 is 10.6 Å². The molecule has 2 rings (SSSR count). The molecule has 0 radical (unpaired) electrons. The summed E-state index contributed by atoms with van der Waals surface area (Å²) in [4.78, 5) is 59.5. The summed E-state index contributed by atoms with van der Waals surface area (Å²) < 4.78 is 5.33. The summed E-state index contributed by atoms with van der Waals surface area (Å²) in [5.74, 6) is -1.62. The molecule has 0 fully saturated rings. The molecule has 2 unspecified atom stereocenters. The van der Waals surface area contributed by atoms with Crippen molar-refractivity contribution in [2.75, 3.05) is 17.3 Å². The highest BCUT2D eigenvalue weighted by Crippen LogP contribution is 2.15. The maximum atomic E-state index is 12.8. The highest BCUT2D eigenvalue weighted by atomic mass is 32.2. The maximum absolute atomic E-state index is 12.8. The van der Waals surface area contributed by atoms with Crippen molar-refractivity contribution in [1.29, 1.82) is 0 Å². The Hall–Kier alpha value is -3.73. The number of nitro benzene ring substituents is 1. The topological polar surface area (TPSA) is 145 Å². The number of carbonyl (C=O) groups excluding carboxylic acids is 4. The van der Waals surface area contributed by atoms with Gasteiger partial charge in [0, 0.05) is 35.9 Å². The molecule has 0 aliphatic heterocycles. The van der Waals surface area contributed by atoms with Crippen LogP contribution in [-0.4, -0.2) is 52.6 Å². The molecule has 0 aromatic heterocycles. The molecule has 0 bridgehead atoms. The summed E-state index contributed by atoms with van der Waals surface area (Å²) in [5.41, 5.74) is 0.588. The summed E-state index contributed by atoms with van der Waals surface area (Å²) >= 11 is 1.46. The zero-order chi connectivity index (χ0) is 25.3. The minimum Gasteiger partial charge on any atom is -0.453 e. The summed E-state index contributed by atoms with van der Waals surface area (Å²) in [5, 5.41) is 16.1. The fourth-order valence-corrected chi connectivity index (χ4v) is 3.42. The van der Waals surface area contributed by atoms with Crippen LogP contribution in [0.25, 0.3) is 0 Å². The first-order valence-electron chi connectivity index (χ1n) is 10.3. The lowest BCUT2D eigenvalue weighted by Crippen LogP contribution is -2.44. The van der Waals surface area contributed by atoms with Crippen LogP contribution in [-0.2, 0) is 14.3 Å². The van der Waals surface area contributed by atoms with Gasteiger partial charge in [-0.15, -0.1) is 0 Å². The van der Waals surface area contributed by atoms with Crippen LogP contribution in [0.2, 0.25) is 0 Å². The third kappa shape index (κ3) is 7.69. The van der Waals surface area contributed by atoms with Crippen LogP contribution in [0.4, 0.5) is 11.4 Å². The van der Waals surface area contributed by atoms with Crippen molar-refractivity contribution in [2.24, 2.45) is 0 Å². The second kappa shape index (κ2) is 12.5. The number of non-ortho nitro benzene ring substituents is 1. The predicted molar refractivity (Wildman–Crippen MR) is 128 cm³/mol. The molecular formula is C23H25N3O7S. The van der Waals surface area contributed by atoms with Crippen molar-refractivity contribution in [3.8, 4) is 0 Å². The van der Waals surface area contributed by atoms with Crippen LogP contribution in [0.15, 0.2) is 48.5 Å². The molecule has 2 aromatic rings. The lowest BCUT2D eigenvalue weighted by molar-refractivity contribution is -0.384. The van der Waals surface area contributed by atoms with E-state index in [2.05, 4.69) is 10.6 Å². The van der Waals surface area contributed by atoms with Gasteiger partial charge in [-0.2, -0.15) is 11.8 Å². The first-order valence-corrected chi connectivity index (χ1v) is 11.7. The summed E-state index contributed by atoms with van der Waals surface area (Å²) in [6.07, 6.45) is 0.958. The SMILES string of the molecule is CSCCC(NC(=O)c1cccc([N+](=O)[O-])c1)C(=O)OC(C)C(=O)c1ccc(NC(C)=O)cc1. The highest BCUT2D eigenvalue weighted by molar-refractivity contribution is 7.98. The third-order valence-electron chi connectivity index (χ3n) is 4.67. The Morgan fingerprint density at radius 2 is 1.76 bits per heavy atom. The van der Waals surface area contributed by atoms with Gasteiger partial charge in [-0.1, -0.05) is 6.07 Å². The van der Waals surface area contributed by atoms with Gasteiger partial charge in [0.05, 0.1) is 4.92 Å². The Kier molecular flexibility index (Phi) is 9.75. The molecule has 0 aliphatic carbocycles. The third-order valence-corrected chi connectivity index (χ3v) is 5.32. The van der Waals surface area contributed by atoms with E-state index < -0.39 is 34.7 Å². The van der Waals surface area contributed by atoms with E-state index >= 15 is 0 Å². The number of benzene rings is 2. The number of nitro groups is 1. The number of hydrogen-bond acceptors (Lipinski definition) is 8. The molecule has 11 heteroatoms. The Morgan fingerprint density at radius 3 is 2.35 bits per heavy atom. The Morgan fingerprint density at radius 1 is 1.09 bits per heavy atom. The van der Waals surface area contributed by atoms with Crippen molar-refractivity contribution in [3.63, 3.8) is 0 Å². The number of nitrogens with one attached hydrogen (secondary N) is 2. The Bertz CT molecular complexity index is 1070. The van der Waals surface area contributed by atoms with Gasteiger partial charge >= 0.3 is 5.97 Å². The number of nitrogens with zero attached hydrogens (tertiary/aromatic N) is 1. The average molecular weight is 488 g/mol. The number of hydrogen-bond donors (Lipinski definition) is 2. The fourth-order valence-electron chi connectivity index (χ4n) is 2.95. The first kappa shape index (κ1) is 26.5. The number of anilines is 1. The summed E-state index contributed by atoms with van der Waals surface area (Å²) in [6, 6.07) is 10.2. The van der Waals surface area contributed by atoms with E-state index in [9.17, 15) is 29.3 Å². The Labute approximate surface area is 200 Å². The molecule has 0 aliphatic rings. The number of ether oxygens (including phenoxy) is 1.